The monoisotopic (exact) mass is 451 g/mol. The van der Waals surface area contributed by atoms with Gasteiger partial charge in [-0.1, -0.05) is 30.3 Å². The molecular formula is C26H30FN3O3. The second-order valence-corrected chi connectivity index (χ2v) is 8.53. The average Bonchev–Trinajstić information content (AvgIpc) is 3.07. The Hall–Kier alpha value is -3.06. The van der Waals surface area contributed by atoms with Crippen LogP contribution in [0.2, 0.25) is 0 Å². The second-order valence-electron chi connectivity index (χ2n) is 8.53. The fourth-order valence-electron chi connectivity index (χ4n) is 4.54. The van der Waals surface area contributed by atoms with Gasteiger partial charge in [-0.3, -0.25) is 9.59 Å². The normalized spacial score (nSPS) is 17.1. The summed E-state index contributed by atoms with van der Waals surface area (Å²) in [5.74, 6) is -0.441. The zero-order valence-corrected chi connectivity index (χ0v) is 19.0. The number of nitrogens with zero attached hydrogens (tertiary/aromatic N) is 3. The van der Waals surface area contributed by atoms with Crippen molar-refractivity contribution < 1.29 is 13.9 Å². The van der Waals surface area contributed by atoms with E-state index in [1.54, 1.807) is 16.8 Å². The molecule has 1 unspecified atom stereocenters. The van der Waals surface area contributed by atoms with E-state index in [1.807, 2.05) is 31.2 Å². The Balaban J connectivity index is 1.57. The van der Waals surface area contributed by atoms with Crippen LogP contribution in [-0.2, 0) is 16.0 Å². The number of carbonyl (C=O) groups excluding carboxylic acids is 1. The van der Waals surface area contributed by atoms with Crippen molar-refractivity contribution >= 4 is 16.7 Å². The Kier molecular flexibility index (Phi) is 7.50. The van der Waals surface area contributed by atoms with Crippen molar-refractivity contribution in [3.8, 4) is 0 Å². The topological polar surface area (TPSA) is 64.4 Å². The highest BCUT2D eigenvalue weighted by Crippen LogP contribution is 2.24. The van der Waals surface area contributed by atoms with Crippen LogP contribution >= 0.6 is 0 Å². The van der Waals surface area contributed by atoms with Gasteiger partial charge in [0.25, 0.3) is 5.56 Å². The molecule has 0 amide bonds. The summed E-state index contributed by atoms with van der Waals surface area (Å²) in [5.41, 5.74) is 1.70. The third-order valence-corrected chi connectivity index (χ3v) is 6.26. The van der Waals surface area contributed by atoms with E-state index in [9.17, 15) is 14.0 Å². The number of carbonyl (C=O) groups is 1. The highest BCUT2D eigenvalue weighted by molar-refractivity contribution is 5.83. The van der Waals surface area contributed by atoms with Crippen molar-refractivity contribution in [3.05, 3.63) is 76.0 Å². The summed E-state index contributed by atoms with van der Waals surface area (Å²) < 4.78 is 20.1. The van der Waals surface area contributed by atoms with Crippen molar-refractivity contribution in [2.45, 2.75) is 45.1 Å². The molecule has 1 saturated heterocycles. The van der Waals surface area contributed by atoms with Crippen LogP contribution in [0, 0.1) is 5.82 Å². The zero-order valence-electron chi connectivity index (χ0n) is 19.0. The number of hydrogen-bond acceptors (Lipinski definition) is 5. The van der Waals surface area contributed by atoms with E-state index in [4.69, 9.17) is 9.84 Å². The van der Waals surface area contributed by atoms with Gasteiger partial charge < -0.3 is 9.64 Å². The number of fused-ring (bicyclic) bond motifs is 1. The first-order valence-electron chi connectivity index (χ1n) is 11.7. The molecule has 0 aliphatic carbocycles. The lowest BCUT2D eigenvalue weighted by Crippen LogP contribution is -2.31. The Morgan fingerprint density at radius 3 is 2.61 bits per heavy atom. The maximum absolute atomic E-state index is 13.4. The van der Waals surface area contributed by atoms with Crippen LogP contribution in [0.3, 0.4) is 0 Å². The Labute approximate surface area is 193 Å². The van der Waals surface area contributed by atoms with Gasteiger partial charge in [-0.2, -0.15) is 5.10 Å². The molecule has 1 aromatic heterocycles. The van der Waals surface area contributed by atoms with E-state index >= 15 is 0 Å². The molecule has 0 N–H and O–H groups in total. The van der Waals surface area contributed by atoms with Crippen LogP contribution in [0.15, 0.2) is 53.3 Å². The molecule has 7 heteroatoms. The fourth-order valence-corrected chi connectivity index (χ4v) is 4.54. The molecule has 6 nitrogen and oxygen atoms in total. The zero-order chi connectivity index (χ0) is 23.2. The largest absolute Gasteiger partial charge is 0.466 e. The summed E-state index contributed by atoms with van der Waals surface area (Å²) in [6, 6.07) is 14.0. The molecular weight excluding hydrogens is 421 g/mol. The number of esters is 1. The van der Waals surface area contributed by atoms with Crippen molar-refractivity contribution in [2.75, 3.05) is 26.2 Å². The maximum atomic E-state index is 13.4. The van der Waals surface area contributed by atoms with Crippen molar-refractivity contribution in [2.24, 2.45) is 0 Å². The Bertz CT molecular complexity index is 1160. The lowest BCUT2D eigenvalue weighted by atomic mass is 10.0. The van der Waals surface area contributed by atoms with Gasteiger partial charge in [-0.25, -0.2) is 9.07 Å². The molecule has 2 heterocycles. The summed E-state index contributed by atoms with van der Waals surface area (Å²) in [5, 5.41) is 6.33. The molecule has 0 radical (unpaired) electrons. The standard InChI is InChI=1S/C26H30FN3O3/c1-2-33-25(31)14-17-29-15-5-6-21(13-16-29)30-26(32)23-8-4-3-7-22(23)24(28-30)18-19-9-11-20(27)12-10-19/h3-4,7-12,21H,2,5-6,13-18H2,1H3. The maximum Gasteiger partial charge on any atom is 0.307 e. The quantitative estimate of drug-likeness (QED) is 0.506. The summed E-state index contributed by atoms with van der Waals surface area (Å²) in [6.45, 7) is 4.57. The molecule has 3 aromatic rings. The van der Waals surface area contributed by atoms with Gasteiger partial charge in [-0.05, 0) is 56.5 Å². The summed E-state index contributed by atoms with van der Waals surface area (Å²) in [4.78, 5) is 27.3. The van der Waals surface area contributed by atoms with Crippen LogP contribution in [0.25, 0.3) is 10.8 Å². The van der Waals surface area contributed by atoms with Crippen LogP contribution in [0.4, 0.5) is 4.39 Å². The van der Waals surface area contributed by atoms with E-state index in [0.717, 1.165) is 49.0 Å². The van der Waals surface area contributed by atoms with Crippen molar-refractivity contribution in [3.63, 3.8) is 0 Å². The molecule has 0 spiro atoms. The van der Waals surface area contributed by atoms with E-state index < -0.39 is 0 Å². The molecule has 4 rings (SSSR count). The van der Waals surface area contributed by atoms with Crippen LogP contribution in [0.1, 0.15) is 49.9 Å². The minimum absolute atomic E-state index is 0.00154. The van der Waals surface area contributed by atoms with Crippen molar-refractivity contribution in [1.82, 2.24) is 14.7 Å². The molecule has 0 bridgehead atoms. The van der Waals surface area contributed by atoms with Crippen molar-refractivity contribution in [1.29, 1.82) is 0 Å². The average molecular weight is 452 g/mol. The highest BCUT2D eigenvalue weighted by atomic mass is 19.1. The van der Waals surface area contributed by atoms with Crippen LogP contribution < -0.4 is 5.56 Å². The molecule has 174 valence electrons. The van der Waals surface area contributed by atoms with Crippen LogP contribution in [-0.4, -0.2) is 46.9 Å². The Morgan fingerprint density at radius 2 is 1.85 bits per heavy atom. The minimum atomic E-state index is -0.271. The molecule has 1 fully saturated rings. The van der Waals surface area contributed by atoms with E-state index in [-0.39, 0.29) is 23.4 Å². The smallest absolute Gasteiger partial charge is 0.307 e. The molecule has 1 aliphatic rings. The first-order valence-corrected chi connectivity index (χ1v) is 11.7. The SMILES string of the molecule is CCOC(=O)CCN1CCCC(n2nc(Cc3ccc(F)cc3)c3ccccc3c2=O)CC1. The molecule has 1 atom stereocenters. The highest BCUT2D eigenvalue weighted by Gasteiger charge is 2.22. The van der Waals surface area contributed by atoms with Gasteiger partial charge in [-0.15, -0.1) is 0 Å². The lowest BCUT2D eigenvalue weighted by Gasteiger charge is -2.21. The number of ether oxygens (including phenoxy) is 1. The first-order chi connectivity index (χ1) is 16.0. The number of benzene rings is 2. The molecule has 33 heavy (non-hydrogen) atoms. The predicted molar refractivity (Wildman–Crippen MR) is 126 cm³/mol. The van der Waals surface area contributed by atoms with Gasteiger partial charge in [0.15, 0.2) is 0 Å². The number of halogens is 1. The molecule has 1 aliphatic heterocycles. The second kappa shape index (κ2) is 10.7. The summed E-state index contributed by atoms with van der Waals surface area (Å²) >= 11 is 0. The number of hydrogen-bond donors (Lipinski definition) is 0. The predicted octanol–water partition coefficient (Wildman–Crippen LogP) is 4.11. The van der Waals surface area contributed by atoms with Gasteiger partial charge in [0.1, 0.15) is 5.82 Å². The fraction of sp³-hybridized carbons (Fsp3) is 0.423. The number of likely N-dealkylation sites (tertiary alicyclic amines) is 1. The van der Waals surface area contributed by atoms with Gasteiger partial charge in [0.05, 0.1) is 30.1 Å². The summed E-state index contributed by atoms with van der Waals surface area (Å²) in [7, 11) is 0. The van der Waals surface area contributed by atoms with Gasteiger partial charge in [0.2, 0.25) is 0 Å². The first kappa shape index (κ1) is 23.1. The lowest BCUT2D eigenvalue weighted by molar-refractivity contribution is -0.143. The van der Waals surface area contributed by atoms with Gasteiger partial charge >= 0.3 is 5.97 Å². The van der Waals surface area contributed by atoms with Gasteiger partial charge in [0, 0.05) is 24.9 Å². The number of aromatic nitrogens is 2. The number of rotatable bonds is 7. The third-order valence-electron chi connectivity index (χ3n) is 6.26. The molecule has 0 saturated carbocycles. The summed E-state index contributed by atoms with van der Waals surface area (Å²) in [6.07, 6.45) is 3.50. The van der Waals surface area contributed by atoms with Crippen LogP contribution in [0.5, 0.6) is 0 Å². The van der Waals surface area contributed by atoms with E-state index in [1.165, 1.54) is 12.1 Å². The molecule has 2 aromatic carbocycles. The minimum Gasteiger partial charge on any atom is -0.466 e. The van der Waals surface area contributed by atoms with E-state index in [2.05, 4.69) is 4.90 Å². The Morgan fingerprint density at radius 1 is 1.09 bits per heavy atom. The van der Waals surface area contributed by atoms with E-state index in [0.29, 0.717) is 31.4 Å². The third kappa shape index (κ3) is 5.66.